The highest BCUT2D eigenvalue weighted by atomic mass is 16.2. The van der Waals surface area contributed by atoms with Gasteiger partial charge in [0.15, 0.2) is 0 Å². The van der Waals surface area contributed by atoms with Crippen LogP contribution in [0.25, 0.3) is 0 Å². The molecule has 2 N–H and O–H groups in total. The molecule has 3 heteroatoms. The highest BCUT2D eigenvalue weighted by Gasteiger charge is 2.34. The highest BCUT2D eigenvalue weighted by Crippen LogP contribution is 2.30. The average molecular weight is 226 g/mol. The summed E-state index contributed by atoms with van der Waals surface area (Å²) in [5.41, 5.74) is 6.23. The van der Waals surface area contributed by atoms with Crippen molar-refractivity contribution in [1.29, 1.82) is 0 Å². The zero-order valence-electron chi connectivity index (χ0n) is 11.3. The number of hydrogen-bond acceptors (Lipinski definition) is 2. The van der Waals surface area contributed by atoms with Crippen LogP contribution in [0.3, 0.4) is 0 Å². The van der Waals surface area contributed by atoms with Gasteiger partial charge < -0.3 is 10.6 Å². The predicted octanol–water partition coefficient (Wildman–Crippen LogP) is 2.01. The van der Waals surface area contributed by atoms with Crippen LogP contribution in [0.2, 0.25) is 0 Å². The lowest BCUT2D eigenvalue weighted by atomic mass is 9.81. The lowest BCUT2D eigenvalue weighted by molar-refractivity contribution is -0.137. The minimum Gasteiger partial charge on any atom is -0.341 e. The van der Waals surface area contributed by atoms with E-state index in [9.17, 15) is 4.79 Å². The lowest BCUT2D eigenvalue weighted by Crippen LogP contribution is -2.53. The maximum absolute atomic E-state index is 12.2. The number of rotatable bonds is 1. The van der Waals surface area contributed by atoms with Gasteiger partial charge >= 0.3 is 0 Å². The van der Waals surface area contributed by atoms with Gasteiger partial charge in [0.1, 0.15) is 0 Å². The summed E-state index contributed by atoms with van der Waals surface area (Å²) in [6.45, 7) is 12.3. The third-order valence-corrected chi connectivity index (χ3v) is 3.63. The van der Waals surface area contributed by atoms with Crippen LogP contribution < -0.4 is 5.73 Å². The van der Waals surface area contributed by atoms with E-state index < -0.39 is 0 Å². The molecule has 1 amide bonds. The van der Waals surface area contributed by atoms with Gasteiger partial charge in [0.25, 0.3) is 0 Å². The Balaban J connectivity index is 2.58. The second-order valence-electron chi connectivity index (χ2n) is 6.83. The first-order valence-electron chi connectivity index (χ1n) is 6.18. The molecule has 0 aromatic heterocycles. The minimum atomic E-state index is -0.381. The quantitative estimate of drug-likeness (QED) is 0.743. The molecule has 3 nitrogen and oxygen atoms in total. The fourth-order valence-electron chi connectivity index (χ4n) is 1.90. The molecular formula is C13H26N2O. The molecule has 0 bridgehead atoms. The predicted molar refractivity (Wildman–Crippen MR) is 67.0 cm³/mol. The van der Waals surface area contributed by atoms with Gasteiger partial charge in [-0.25, -0.2) is 0 Å². The number of amides is 1. The van der Waals surface area contributed by atoms with E-state index in [1.54, 1.807) is 0 Å². The molecule has 0 saturated carbocycles. The molecule has 0 radical (unpaired) electrons. The first kappa shape index (κ1) is 13.5. The third kappa shape index (κ3) is 3.21. The second-order valence-corrected chi connectivity index (χ2v) is 6.83. The SMILES string of the molecule is CC1(C)CCN(C(=O)C(N)C(C)(C)C)CC1. The fourth-order valence-corrected chi connectivity index (χ4v) is 1.90. The van der Waals surface area contributed by atoms with E-state index in [1.165, 1.54) is 0 Å². The second kappa shape index (κ2) is 4.36. The van der Waals surface area contributed by atoms with E-state index in [0.717, 1.165) is 25.9 Å². The van der Waals surface area contributed by atoms with Crippen LogP contribution in [0.4, 0.5) is 0 Å². The molecule has 1 aliphatic rings. The van der Waals surface area contributed by atoms with Crippen molar-refractivity contribution in [3.05, 3.63) is 0 Å². The number of piperidine rings is 1. The van der Waals surface area contributed by atoms with E-state index in [0.29, 0.717) is 5.41 Å². The van der Waals surface area contributed by atoms with Crippen LogP contribution >= 0.6 is 0 Å². The Morgan fingerprint density at radius 2 is 1.69 bits per heavy atom. The monoisotopic (exact) mass is 226 g/mol. The van der Waals surface area contributed by atoms with Crippen molar-refractivity contribution in [3.63, 3.8) is 0 Å². The zero-order valence-corrected chi connectivity index (χ0v) is 11.3. The summed E-state index contributed by atoms with van der Waals surface area (Å²) >= 11 is 0. The molecule has 1 heterocycles. The van der Waals surface area contributed by atoms with Crippen molar-refractivity contribution >= 4 is 5.91 Å². The Labute approximate surface area is 99.4 Å². The van der Waals surface area contributed by atoms with Crippen molar-refractivity contribution in [2.24, 2.45) is 16.6 Å². The first-order valence-corrected chi connectivity index (χ1v) is 6.18. The summed E-state index contributed by atoms with van der Waals surface area (Å²) in [6.07, 6.45) is 2.16. The van der Waals surface area contributed by atoms with Crippen molar-refractivity contribution in [2.75, 3.05) is 13.1 Å². The molecule has 1 unspecified atom stereocenters. The Morgan fingerprint density at radius 1 is 1.25 bits per heavy atom. The highest BCUT2D eigenvalue weighted by molar-refractivity contribution is 5.82. The minimum absolute atomic E-state index is 0.114. The van der Waals surface area contributed by atoms with E-state index >= 15 is 0 Å². The standard InChI is InChI=1S/C13H26N2O/c1-12(2,3)10(14)11(16)15-8-6-13(4,5)7-9-15/h10H,6-9,14H2,1-5H3. The summed E-state index contributed by atoms with van der Waals surface area (Å²) in [6, 6.07) is -0.381. The van der Waals surface area contributed by atoms with Gasteiger partial charge in [0.2, 0.25) is 5.91 Å². The zero-order chi connectivity index (χ0) is 12.6. The van der Waals surface area contributed by atoms with Crippen molar-refractivity contribution < 1.29 is 4.79 Å². The van der Waals surface area contributed by atoms with E-state index in [1.807, 2.05) is 25.7 Å². The van der Waals surface area contributed by atoms with Gasteiger partial charge in [0, 0.05) is 13.1 Å². The van der Waals surface area contributed by atoms with Crippen molar-refractivity contribution in [1.82, 2.24) is 4.90 Å². The molecule has 1 fully saturated rings. The number of likely N-dealkylation sites (tertiary alicyclic amines) is 1. The first-order chi connectivity index (χ1) is 7.13. The van der Waals surface area contributed by atoms with E-state index in [-0.39, 0.29) is 17.4 Å². The van der Waals surface area contributed by atoms with Crippen LogP contribution in [0.5, 0.6) is 0 Å². The maximum Gasteiger partial charge on any atom is 0.240 e. The molecule has 1 rings (SSSR count). The van der Waals surface area contributed by atoms with Gasteiger partial charge in [0.05, 0.1) is 6.04 Å². The Kier molecular flexibility index (Phi) is 3.68. The fraction of sp³-hybridized carbons (Fsp3) is 0.923. The number of carbonyl (C=O) groups is 1. The van der Waals surface area contributed by atoms with Gasteiger partial charge in [-0.05, 0) is 23.7 Å². The molecule has 0 aromatic rings. The topological polar surface area (TPSA) is 46.3 Å². The van der Waals surface area contributed by atoms with Crippen LogP contribution in [0.15, 0.2) is 0 Å². The third-order valence-electron chi connectivity index (χ3n) is 3.63. The Hall–Kier alpha value is -0.570. The summed E-state index contributed by atoms with van der Waals surface area (Å²) < 4.78 is 0. The van der Waals surface area contributed by atoms with Gasteiger partial charge in [-0.3, -0.25) is 4.79 Å². The number of nitrogens with zero attached hydrogens (tertiary/aromatic N) is 1. The molecular weight excluding hydrogens is 200 g/mol. The molecule has 1 atom stereocenters. The molecule has 16 heavy (non-hydrogen) atoms. The average Bonchev–Trinajstić information content (AvgIpc) is 2.14. The molecule has 0 spiro atoms. The molecule has 0 aliphatic carbocycles. The molecule has 0 aromatic carbocycles. The van der Waals surface area contributed by atoms with Crippen molar-refractivity contribution in [3.8, 4) is 0 Å². The maximum atomic E-state index is 12.2. The van der Waals surface area contributed by atoms with Crippen molar-refractivity contribution in [2.45, 2.75) is 53.5 Å². The number of nitrogens with two attached hydrogens (primary N) is 1. The van der Waals surface area contributed by atoms with Crippen LogP contribution in [0, 0.1) is 10.8 Å². The van der Waals surface area contributed by atoms with Gasteiger partial charge in [-0.2, -0.15) is 0 Å². The Bertz CT molecular complexity index is 256. The number of carbonyl (C=O) groups excluding carboxylic acids is 1. The van der Waals surface area contributed by atoms with Crippen LogP contribution in [-0.4, -0.2) is 29.9 Å². The van der Waals surface area contributed by atoms with Crippen LogP contribution in [-0.2, 0) is 4.79 Å². The summed E-state index contributed by atoms with van der Waals surface area (Å²) in [7, 11) is 0. The smallest absolute Gasteiger partial charge is 0.240 e. The molecule has 1 saturated heterocycles. The van der Waals surface area contributed by atoms with Gasteiger partial charge in [-0.1, -0.05) is 34.6 Å². The van der Waals surface area contributed by atoms with Crippen LogP contribution in [0.1, 0.15) is 47.5 Å². The molecule has 94 valence electrons. The molecule has 1 aliphatic heterocycles. The summed E-state index contributed by atoms with van der Waals surface area (Å²) in [5, 5.41) is 0. The van der Waals surface area contributed by atoms with E-state index in [4.69, 9.17) is 5.73 Å². The summed E-state index contributed by atoms with van der Waals surface area (Å²) in [5.74, 6) is 0.114. The Morgan fingerprint density at radius 3 is 2.06 bits per heavy atom. The normalized spacial score (nSPS) is 23.0. The number of hydrogen-bond donors (Lipinski definition) is 1. The lowest BCUT2D eigenvalue weighted by Gasteiger charge is -2.39. The largest absolute Gasteiger partial charge is 0.341 e. The summed E-state index contributed by atoms with van der Waals surface area (Å²) in [4.78, 5) is 14.1. The van der Waals surface area contributed by atoms with E-state index in [2.05, 4.69) is 13.8 Å². The van der Waals surface area contributed by atoms with Gasteiger partial charge in [-0.15, -0.1) is 0 Å².